The number of rotatable bonds is 14. The van der Waals surface area contributed by atoms with E-state index in [2.05, 4.69) is 27.3 Å². The number of hydrogen-bond acceptors (Lipinski definition) is 10. The van der Waals surface area contributed by atoms with E-state index in [4.69, 9.17) is 19.2 Å². The first-order chi connectivity index (χ1) is 27.7. The molecule has 2 saturated carbocycles. The van der Waals surface area contributed by atoms with Gasteiger partial charge in [-0.05, 0) is 75.3 Å². The molecule has 15 heteroatoms. The minimum atomic E-state index is -3.94. The van der Waals surface area contributed by atoms with Gasteiger partial charge in [-0.15, -0.1) is 6.58 Å². The first-order valence-corrected chi connectivity index (χ1v) is 20.9. The van der Waals surface area contributed by atoms with E-state index < -0.39 is 73.6 Å². The van der Waals surface area contributed by atoms with Gasteiger partial charge in [0.1, 0.15) is 40.5 Å². The van der Waals surface area contributed by atoms with E-state index in [1.807, 2.05) is 54.6 Å². The molecule has 1 heterocycles. The highest BCUT2D eigenvalue weighted by molar-refractivity contribution is 7.91. The smallest absolute Gasteiger partial charge is 0.408 e. The molecule has 2 aliphatic carbocycles. The zero-order valence-electron chi connectivity index (χ0n) is 34.3. The van der Waals surface area contributed by atoms with Crippen LogP contribution in [0.25, 0.3) is 22.2 Å². The molecule has 0 aliphatic heterocycles. The first-order valence-electron chi connectivity index (χ1n) is 19.4. The summed E-state index contributed by atoms with van der Waals surface area (Å²) in [5.41, 5.74) is -0.813. The van der Waals surface area contributed by atoms with E-state index in [-0.39, 0.29) is 6.42 Å². The maximum Gasteiger partial charge on any atom is 0.408 e. The molecule has 2 fully saturated rings. The number of aromatic nitrogens is 1. The van der Waals surface area contributed by atoms with Crippen molar-refractivity contribution in [3.63, 3.8) is 0 Å². The Morgan fingerprint density at radius 1 is 0.881 bits per heavy atom. The Hall–Kier alpha value is -5.96. The molecule has 4 aromatic rings. The minimum absolute atomic E-state index is 0.100. The van der Waals surface area contributed by atoms with E-state index in [0.29, 0.717) is 46.9 Å². The summed E-state index contributed by atoms with van der Waals surface area (Å²) in [7, 11) is -2.36. The highest BCUT2D eigenvalue weighted by atomic mass is 32.2. The van der Waals surface area contributed by atoms with Gasteiger partial charge in [0.05, 0.1) is 23.6 Å². The maximum atomic E-state index is 14.4. The van der Waals surface area contributed by atoms with Gasteiger partial charge in [0.2, 0.25) is 21.8 Å². The van der Waals surface area contributed by atoms with Gasteiger partial charge in [-0.1, -0.05) is 69.3 Å². The zero-order valence-corrected chi connectivity index (χ0v) is 35.1. The summed E-state index contributed by atoms with van der Waals surface area (Å²) in [5, 5.41) is 8.22. The van der Waals surface area contributed by atoms with E-state index >= 15 is 0 Å². The predicted octanol–water partition coefficient (Wildman–Crippen LogP) is 6.47. The quantitative estimate of drug-likeness (QED) is 0.103. The monoisotopic (exact) mass is 825 g/mol. The van der Waals surface area contributed by atoms with Crippen LogP contribution in [0.5, 0.6) is 17.2 Å². The first kappa shape index (κ1) is 42.6. The second kappa shape index (κ2) is 16.4. The van der Waals surface area contributed by atoms with Gasteiger partial charge in [0.15, 0.2) is 0 Å². The zero-order chi connectivity index (χ0) is 42.9. The lowest BCUT2D eigenvalue weighted by molar-refractivity contribution is -0.134. The lowest BCUT2D eigenvalue weighted by Gasteiger charge is -2.33. The Balaban J connectivity index is 1.33. The molecule has 1 aromatic heterocycles. The van der Waals surface area contributed by atoms with E-state index in [1.165, 1.54) is 6.08 Å². The number of carbonyl (C=O) groups is 4. The number of carbonyl (C=O) groups excluding carboxylic acids is 4. The molecule has 0 bridgehead atoms. The second-order valence-electron chi connectivity index (χ2n) is 17.0. The van der Waals surface area contributed by atoms with Crippen molar-refractivity contribution in [1.82, 2.24) is 25.7 Å². The molecule has 59 heavy (non-hydrogen) atoms. The largest absolute Gasteiger partial charge is 0.497 e. The number of nitrogens with zero attached hydrogens (tertiary/aromatic N) is 1. The Labute approximate surface area is 344 Å². The van der Waals surface area contributed by atoms with Crippen LogP contribution in [0.1, 0.15) is 72.4 Å². The number of methoxy groups -OCH3 is 1. The summed E-state index contributed by atoms with van der Waals surface area (Å²) in [6.45, 7) is 14.1. The van der Waals surface area contributed by atoms with Gasteiger partial charge in [-0.3, -0.25) is 19.1 Å². The number of benzene rings is 3. The van der Waals surface area contributed by atoms with Crippen molar-refractivity contribution in [2.75, 3.05) is 7.11 Å². The summed E-state index contributed by atoms with van der Waals surface area (Å²) in [5.74, 6) is -1.42. The van der Waals surface area contributed by atoms with Crippen molar-refractivity contribution < 1.29 is 41.8 Å². The summed E-state index contributed by atoms with van der Waals surface area (Å²) in [4.78, 5) is 59.8. The summed E-state index contributed by atoms with van der Waals surface area (Å²) >= 11 is 0. The van der Waals surface area contributed by atoms with Crippen LogP contribution in [0.4, 0.5) is 4.79 Å². The average Bonchev–Trinajstić information content (AvgIpc) is 4.11. The van der Waals surface area contributed by atoms with Crippen molar-refractivity contribution in [2.45, 2.75) is 89.3 Å². The fourth-order valence-electron chi connectivity index (χ4n) is 6.63. The number of hydrogen-bond donors (Lipinski definition) is 4. The highest BCUT2D eigenvalue weighted by Gasteiger charge is 2.61. The van der Waals surface area contributed by atoms with Crippen molar-refractivity contribution in [2.24, 2.45) is 11.3 Å². The van der Waals surface area contributed by atoms with Crippen LogP contribution in [0, 0.1) is 11.3 Å². The molecule has 0 saturated heterocycles. The van der Waals surface area contributed by atoms with Crippen LogP contribution in [-0.2, 0) is 29.1 Å². The standard InChI is InChI=1S/C44H51N5O9S/c1-9-28-25-44(28,40(52)49-59(54,55)31-20-21-31)48-38(50)36(46-39(51)37(42(2,3)4)47-41(53)58-43(5,6)7)27-15-17-29(18-16-27)57-35-24-33(26-13-11-10-12-14-26)45-34-23-30(56-8)19-22-32(34)35/h9-19,22-24,28,31,36-37H,1,20-21,25H2,2-8H3,(H,46,51)(H,47,53)(H,48,50)(H,49,52)/t28-,36+,37-,44-/m1/s1. The van der Waals surface area contributed by atoms with Crippen LogP contribution in [0.15, 0.2) is 91.5 Å². The third-order valence-corrected chi connectivity index (χ3v) is 11.9. The molecule has 4 amide bonds. The van der Waals surface area contributed by atoms with Crippen LogP contribution < -0.4 is 30.1 Å². The fraction of sp³-hybridized carbons (Fsp3) is 0.386. The fourth-order valence-corrected chi connectivity index (χ4v) is 8.00. The molecule has 0 radical (unpaired) electrons. The average molecular weight is 826 g/mol. The number of sulfonamides is 1. The minimum Gasteiger partial charge on any atom is -0.497 e. The van der Waals surface area contributed by atoms with Crippen molar-refractivity contribution in [3.05, 3.63) is 97.1 Å². The van der Waals surface area contributed by atoms with E-state index in [9.17, 15) is 27.6 Å². The highest BCUT2D eigenvalue weighted by Crippen LogP contribution is 2.45. The number of fused-ring (bicyclic) bond motifs is 1. The van der Waals surface area contributed by atoms with Crippen molar-refractivity contribution in [1.29, 1.82) is 0 Å². The molecule has 2 aliphatic rings. The molecule has 14 nitrogen and oxygen atoms in total. The Morgan fingerprint density at radius 2 is 1.54 bits per heavy atom. The summed E-state index contributed by atoms with van der Waals surface area (Å²) < 4.78 is 45.0. The molecular formula is C44H51N5O9S. The van der Waals surface area contributed by atoms with Crippen LogP contribution in [-0.4, -0.2) is 66.8 Å². The number of pyridine rings is 1. The molecule has 312 valence electrons. The van der Waals surface area contributed by atoms with Gasteiger partial charge in [0.25, 0.3) is 5.91 Å². The molecule has 4 N–H and O–H groups in total. The molecule has 3 aromatic carbocycles. The number of nitrogens with one attached hydrogen (secondary N) is 4. The van der Waals surface area contributed by atoms with Gasteiger partial charge < -0.3 is 30.2 Å². The predicted molar refractivity (Wildman–Crippen MR) is 223 cm³/mol. The van der Waals surface area contributed by atoms with E-state index in [0.717, 1.165) is 10.9 Å². The molecular weight excluding hydrogens is 775 g/mol. The number of amides is 4. The lowest BCUT2D eigenvalue weighted by Crippen LogP contribution is -2.58. The number of ether oxygens (including phenoxy) is 3. The second-order valence-corrected chi connectivity index (χ2v) is 19.0. The van der Waals surface area contributed by atoms with Crippen LogP contribution in [0.2, 0.25) is 0 Å². The third-order valence-electron chi connectivity index (χ3n) is 10.1. The normalized spacial score (nSPS) is 18.7. The van der Waals surface area contributed by atoms with Crippen LogP contribution in [0.3, 0.4) is 0 Å². The Kier molecular flexibility index (Phi) is 11.8. The Bertz CT molecular complexity index is 2370. The van der Waals surface area contributed by atoms with Gasteiger partial charge in [0, 0.05) is 29.0 Å². The number of alkyl carbamates (subject to hydrolysis) is 1. The SMILES string of the molecule is C=C[C@@H]1C[C@]1(NC(=O)[C@@H](NC(=O)[C@@H](NC(=O)OC(C)(C)C)C(C)(C)C)c1ccc(Oc2cc(-c3ccccc3)nc3cc(OC)ccc23)cc1)C(=O)NS(=O)(=O)C1CC1. The van der Waals surface area contributed by atoms with E-state index in [1.54, 1.807) is 72.9 Å². The van der Waals surface area contributed by atoms with Crippen LogP contribution >= 0.6 is 0 Å². The molecule has 4 atom stereocenters. The topological polar surface area (TPSA) is 191 Å². The van der Waals surface area contributed by atoms with Crippen molar-refractivity contribution >= 4 is 44.7 Å². The molecule has 0 spiro atoms. The molecule has 0 unspecified atom stereocenters. The Morgan fingerprint density at radius 3 is 2.12 bits per heavy atom. The summed E-state index contributed by atoms with van der Waals surface area (Å²) in [6.07, 6.45) is 1.63. The van der Waals surface area contributed by atoms with Crippen molar-refractivity contribution in [3.8, 4) is 28.5 Å². The lowest BCUT2D eigenvalue weighted by atomic mass is 9.86. The van der Waals surface area contributed by atoms with Gasteiger partial charge >= 0.3 is 6.09 Å². The summed E-state index contributed by atoms with van der Waals surface area (Å²) in [6, 6.07) is 20.8. The van der Waals surface area contributed by atoms with Gasteiger partial charge in [-0.25, -0.2) is 18.2 Å². The third kappa shape index (κ3) is 10.0. The maximum absolute atomic E-state index is 14.4. The van der Waals surface area contributed by atoms with Gasteiger partial charge in [-0.2, -0.15) is 0 Å². The molecule has 6 rings (SSSR count).